The molecule has 0 spiro atoms. The van der Waals surface area contributed by atoms with Crippen LogP contribution in [-0.2, 0) is 9.53 Å². The molecule has 0 unspecified atom stereocenters. The summed E-state index contributed by atoms with van der Waals surface area (Å²) >= 11 is 0. The minimum Gasteiger partial charge on any atom is -0.459 e. The first-order chi connectivity index (χ1) is 9.07. The number of hydrogen-bond donors (Lipinski definition) is 1. The number of ether oxygens (including phenoxy) is 1. The van der Waals surface area contributed by atoms with E-state index in [-0.39, 0.29) is 11.4 Å². The molecule has 0 aromatic rings. The number of rotatable bonds is 4. The lowest BCUT2D eigenvalue weighted by atomic mass is 9.58. The SMILES string of the molecule is C[NH+](C)CCOC(=O)C12CC3C[C@@H](CC[C@H](C3)C1)C2. The largest absolute Gasteiger partial charge is 0.459 e. The summed E-state index contributed by atoms with van der Waals surface area (Å²) in [5.41, 5.74) is -0.0886. The second-order valence-corrected chi connectivity index (χ2v) is 7.63. The Morgan fingerprint density at radius 3 is 2.26 bits per heavy atom. The quantitative estimate of drug-likeness (QED) is 0.777. The van der Waals surface area contributed by atoms with Crippen LogP contribution in [0.4, 0.5) is 0 Å². The van der Waals surface area contributed by atoms with Crippen LogP contribution in [0, 0.1) is 23.2 Å². The predicted molar refractivity (Wildman–Crippen MR) is 73.9 cm³/mol. The first kappa shape index (κ1) is 13.4. The van der Waals surface area contributed by atoms with E-state index in [1.54, 1.807) is 0 Å². The summed E-state index contributed by atoms with van der Waals surface area (Å²) in [7, 11) is 4.20. The Morgan fingerprint density at radius 1 is 1.11 bits per heavy atom. The first-order valence-corrected chi connectivity index (χ1v) is 8.04. The summed E-state index contributed by atoms with van der Waals surface area (Å²) in [5.74, 6) is 2.55. The molecule has 1 N–H and O–H groups in total. The number of nitrogens with one attached hydrogen (secondary N) is 1. The molecule has 4 saturated carbocycles. The zero-order valence-corrected chi connectivity index (χ0v) is 12.4. The van der Waals surface area contributed by atoms with Crippen molar-refractivity contribution in [2.75, 3.05) is 27.2 Å². The smallest absolute Gasteiger partial charge is 0.312 e. The summed E-state index contributed by atoms with van der Waals surface area (Å²) < 4.78 is 5.63. The molecule has 4 bridgehead atoms. The Balaban J connectivity index is 1.67. The summed E-state index contributed by atoms with van der Waals surface area (Å²) in [6, 6.07) is 0. The van der Waals surface area contributed by atoms with Crippen molar-refractivity contribution in [1.82, 2.24) is 0 Å². The van der Waals surface area contributed by atoms with E-state index >= 15 is 0 Å². The van der Waals surface area contributed by atoms with Gasteiger partial charge >= 0.3 is 5.97 Å². The van der Waals surface area contributed by atoms with E-state index in [0.29, 0.717) is 6.61 Å². The average molecular weight is 266 g/mol. The third kappa shape index (κ3) is 2.67. The van der Waals surface area contributed by atoms with Crippen LogP contribution in [-0.4, -0.2) is 33.2 Å². The van der Waals surface area contributed by atoms with E-state index in [4.69, 9.17) is 4.74 Å². The van der Waals surface area contributed by atoms with Crippen LogP contribution in [0.5, 0.6) is 0 Å². The van der Waals surface area contributed by atoms with Gasteiger partial charge < -0.3 is 9.64 Å². The molecule has 4 fully saturated rings. The van der Waals surface area contributed by atoms with Gasteiger partial charge in [-0.3, -0.25) is 4.79 Å². The van der Waals surface area contributed by atoms with Crippen LogP contribution in [0.2, 0.25) is 0 Å². The third-order valence-corrected chi connectivity index (χ3v) is 5.62. The fraction of sp³-hybridized carbons (Fsp3) is 0.938. The lowest BCUT2D eigenvalue weighted by Crippen LogP contribution is -3.06. The van der Waals surface area contributed by atoms with Gasteiger partial charge in [-0.25, -0.2) is 0 Å². The second kappa shape index (κ2) is 5.08. The van der Waals surface area contributed by atoms with Gasteiger partial charge in [0.1, 0.15) is 13.2 Å². The number of carbonyl (C=O) groups is 1. The molecule has 4 aliphatic rings. The second-order valence-electron chi connectivity index (χ2n) is 7.63. The average Bonchev–Trinajstić information content (AvgIpc) is 2.55. The summed E-state index contributed by atoms with van der Waals surface area (Å²) in [6.07, 6.45) is 8.84. The van der Waals surface area contributed by atoms with Crippen molar-refractivity contribution < 1.29 is 14.4 Å². The van der Waals surface area contributed by atoms with Crippen molar-refractivity contribution >= 4 is 5.97 Å². The topological polar surface area (TPSA) is 30.7 Å². The molecule has 108 valence electrons. The Morgan fingerprint density at radius 2 is 1.68 bits per heavy atom. The minimum absolute atomic E-state index is 0.0886. The molecule has 4 rings (SSSR count). The molecule has 2 atom stereocenters. The van der Waals surface area contributed by atoms with Crippen LogP contribution in [0.1, 0.15) is 44.9 Å². The predicted octanol–water partition coefficient (Wildman–Crippen LogP) is 1.28. The van der Waals surface area contributed by atoms with Gasteiger partial charge in [-0.1, -0.05) is 12.8 Å². The van der Waals surface area contributed by atoms with E-state index in [1.807, 2.05) is 0 Å². The minimum atomic E-state index is -0.0886. The fourth-order valence-electron chi connectivity index (χ4n) is 4.94. The van der Waals surface area contributed by atoms with Crippen molar-refractivity contribution in [1.29, 1.82) is 0 Å². The van der Waals surface area contributed by atoms with Crippen LogP contribution in [0.25, 0.3) is 0 Å². The van der Waals surface area contributed by atoms with Crippen molar-refractivity contribution in [3.8, 4) is 0 Å². The van der Waals surface area contributed by atoms with Gasteiger partial charge in [0.05, 0.1) is 19.5 Å². The first-order valence-electron chi connectivity index (χ1n) is 8.04. The number of hydrogen-bond acceptors (Lipinski definition) is 2. The van der Waals surface area contributed by atoms with Gasteiger partial charge in [-0.2, -0.15) is 0 Å². The maximum atomic E-state index is 12.6. The van der Waals surface area contributed by atoms with Crippen LogP contribution >= 0.6 is 0 Å². The van der Waals surface area contributed by atoms with Gasteiger partial charge in [0, 0.05) is 0 Å². The number of esters is 1. The highest BCUT2D eigenvalue weighted by atomic mass is 16.5. The highest BCUT2D eigenvalue weighted by Gasteiger charge is 2.53. The molecule has 0 radical (unpaired) electrons. The summed E-state index contributed by atoms with van der Waals surface area (Å²) in [5, 5.41) is 0. The lowest BCUT2D eigenvalue weighted by Gasteiger charge is -2.46. The van der Waals surface area contributed by atoms with Gasteiger partial charge in [0.15, 0.2) is 0 Å². The Hall–Kier alpha value is -0.570. The summed E-state index contributed by atoms with van der Waals surface area (Å²) in [6.45, 7) is 1.50. The van der Waals surface area contributed by atoms with Gasteiger partial charge in [-0.05, 0) is 49.9 Å². The summed E-state index contributed by atoms with van der Waals surface area (Å²) in [4.78, 5) is 13.9. The van der Waals surface area contributed by atoms with E-state index in [0.717, 1.165) is 43.6 Å². The van der Waals surface area contributed by atoms with E-state index in [1.165, 1.54) is 30.6 Å². The number of carbonyl (C=O) groups excluding carboxylic acids is 1. The maximum absolute atomic E-state index is 12.6. The third-order valence-electron chi connectivity index (χ3n) is 5.62. The van der Waals surface area contributed by atoms with Gasteiger partial charge in [0.25, 0.3) is 0 Å². The molecule has 0 aliphatic heterocycles. The number of fused-ring (bicyclic) bond motifs is 1. The molecule has 0 heterocycles. The molecule has 0 aromatic heterocycles. The van der Waals surface area contributed by atoms with Gasteiger partial charge in [-0.15, -0.1) is 0 Å². The van der Waals surface area contributed by atoms with Crippen molar-refractivity contribution in [3.63, 3.8) is 0 Å². The normalized spacial score (nSPS) is 40.5. The zero-order valence-electron chi connectivity index (χ0n) is 12.4. The zero-order chi connectivity index (χ0) is 13.5. The highest BCUT2D eigenvalue weighted by Crippen LogP contribution is 2.58. The molecule has 19 heavy (non-hydrogen) atoms. The molecule has 0 amide bonds. The molecule has 4 aliphatic carbocycles. The lowest BCUT2D eigenvalue weighted by molar-refractivity contribution is -0.858. The molecule has 0 saturated heterocycles. The standard InChI is InChI=1S/C16H27NO2/c1-17(2)5-6-19-15(18)16-9-12-3-4-13(10-16)8-14(7-12)11-16/h12-14H,3-11H2,1-2H3/p+1/t12-,13-,14?,16?/m1/s1. The van der Waals surface area contributed by atoms with Crippen molar-refractivity contribution in [2.45, 2.75) is 44.9 Å². The highest BCUT2D eigenvalue weighted by molar-refractivity contribution is 5.77. The van der Waals surface area contributed by atoms with Crippen LogP contribution < -0.4 is 4.90 Å². The van der Waals surface area contributed by atoms with Crippen LogP contribution in [0.3, 0.4) is 0 Å². The number of likely N-dealkylation sites (N-methyl/N-ethyl adjacent to an activating group) is 1. The number of quaternary nitrogens is 1. The molecule has 0 aromatic carbocycles. The Labute approximate surface area is 116 Å². The van der Waals surface area contributed by atoms with E-state index in [2.05, 4.69) is 14.1 Å². The molecule has 3 nitrogen and oxygen atoms in total. The fourth-order valence-corrected chi connectivity index (χ4v) is 4.94. The maximum Gasteiger partial charge on any atom is 0.312 e. The van der Waals surface area contributed by atoms with Crippen molar-refractivity contribution in [2.24, 2.45) is 23.2 Å². The molecular formula is C16H28NO2+. The Bertz CT molecular complexity index is 337. The van der Waals surface area contributed by atoms with E-state index < -0.39 is 0 Å². The van der Waals surface area contributed by atoms with E-state index in [9.17, 15) is 4.79 Å². The molecule has 3 heteroatoms. The van der Waals surface area contributed by atoms with Gasteiger partial charge in [0.2, 0.25) is 0 Å². The molecular weight excluding hydrogens is 238 g/mol. The monoisotopic (exact) mass is 266 g/mol. The Kier molecular flexibility index (Phi) is 3.59. The van der Waals surface area contributed by atoms with Crippen LogP contribution in [0.15, 0.2) is 0 Å². The van der Waals surface area contributed by atoms with Crippen molar-refractivity contribution in [3.05, 3.63) is 0 Å².